The number of amides is 1. The summed E-state index contributed by atoms with van der Waals surface area (Å²) < 4.78 is 5.33. The van der Waals surface area contributed by atoms with Gasteiger partial charge in [0.15, 0.2) is 0 Å². The topological polar surface area (TPSA) is 51.2 Å². The minimum Gasteiger partial charge on any atom is -0.384 e. The van der Waals surface area contributed by atoms with Crippen LogP contribution < -0.4 is 5.32 Å². The van der Waals surface area contributed by atoms with Crippen LogP contribution in [0.2, 0.25) is 0 Å². The maximum absolute atomic E-state index is 13.1. The normalized spacial score (nSPS) is 16.8. The molecule has 1 aliphatic carbocycles. The molecule has 1 saturated carbocycles. The Morgan fingerprint density at radius 3 is 2.68 bits per heavy atom. The Bertz CT molecular complexity index is 739. The summed E-state index contributed by atoms with van der Waals surface area (Å²) in [6.45, 7) is 4.65. The van der Waals surface area contributed by atoms with Gasteiger partial charge in [-0.15, -0.1) is 0 Å². The van der Waals surface area contributed by atoms with E-state index in [9.17, 15) is 4.79 Å². The van der Waals surface area contributed by atoms with Crippen molar-refractivity contribution in [3.8, 4) is 0 Å². The lowest BCUT2D eigenvalue weighted by Crippen LogP contribution is -2.49. The molecule has 25 heavy (non-hydrogen) atoms. The number of rotatable bonds is 6. The van der Waals surface area contributed by atoms with E-state index in [0.717, 1.165) is 30.4 Å². The van der Waals surface area contributed by atoms with E-state index < -0.39 is 0 Å². The summed E-state index contributed by atoms with van der Waals surface area (Å²) in [6, 6.07) is 10.1. The summed E-state index contributed by atoms with van der Waals surface area (Å²) >= 11 is 0. The lowest BCUT2D eigenvalue weighted by atomic mass is 9.68. The monoisotopic (exact) mass is 338 g/mol. The van der Waals surface area contributed by atoms with Crippen LogP contribution in [-0.2, 0) is 9.53 Å². The molecule has 4 nitrogen and oxygen atoms in total. The number of ether oxygens (including phenoxy) is 1. The molecule has 1 amide bonds. The molecule has 0 spiro atoms. The zero-order chi connectivity index (χ0) is 17.9. The fourth-order valence-corrected chi connectivity index (χ4v) is 3.64. The molecule has 1 aromatic carbocycles. The van der Waals surface area contributed by atoms with Crippen LogP contribution in [0.4, 0.5) is 0 Å². The van der Waals surface area contributed by atoms with E-state index in [1.165, 1.54) is 11.1 Å². The van der Waals surface area contributed by atoms with Crippen LogP contribution in [0.25, 0.3) is 0 Å². The van der Waals surface area contributed by atoms with E-state index in [-0.39, 0.29) is 17.4 Å². The molecule has 0 unspecified atom stereocenters. The van der Waals surface area contributed by atoms with E-state index in [1.54, 1.807) is 13.3 Å². The molecule has 1 atom stereocenters. The van der Waals surface area contributed by atoms with Crippen molar-refractivity contribution in [1.29, 1.82) is 0 Å². The van der Waals surface area contributed by atoms with E-state index >= 15 is 0 Å². The van der Waals surface area contributed by atoms with E-state index in [4.69, 9.17) is 4.74 Å². The molecule has 0 saturated heterocycles. The number of hydrogen-bond acceptors (Lipinski definition) is 3. The van der Waals surface area contributed by atoms with Crippen LogP contribution in [0.5, 0.6) is 0 Å². The molecule has 0 radical (unpaired) electrons. The van der Waals surface area contributed by atoms with Crippen LogP contribution in [0, 0.1) is 19.3 Å². The zero-order valence-electron chi connectivity index (χ0n) is 15.2. The van der Waals surface area contributed by atoms with Gasteiger partial charge in [-0.25, -0.2) is 0 Å². The molecular formula is C21H26N2O2. The molecule has 0 aliphatic heterocycles. The van der Waals surface area contributed by atoms with Crippen LogP contribution in [0.15, 0.2) is 42.7 Å². The van der Waals surface area contributed by atoms with Gasteiger partial charge in [0.25, 0.3) is 0 Å². The predicted octanol–water partition coefficient (Wildman–Crippen LogP) is 3.72. The second-order valence-corrected chi connectivity index (χ2v) is 7.12. The molecule has 1 N–H and O–H groups in total. The number of aryl methyl sites for hydroxylation is 2. The summed E-state index contributed by atoms with van der Waals surface area (Å²) in [5.74, 6) is 0.0782. The van der Waals surface area contributed by atoms with Gasteiger partial charge in [0.2, 0.25) is 5.91 Å². The summed E-state index contributed by atoms with van der Waals surface area (Å²) in [7, 11) is 1.66. The van der Waals surface area contributed by atoms with Crippen molar-refractivity contribution in [2.75, 3.05) is 13.7 Å². The Balaban J connectivity index is 1.93. The lowest BCUT2D eigenvalue weighted by Gasteiger charge is -2.40. The first kappa shape index (κ1) is 17.6. The smallest absolute Gasteiger partial charge is 0.229 e. The van der Waals surface area contributed by atoms with Crippen molar-refractivity contribution in [1.82, 2.24) is 10.3 Å². The molecule has 132 valence electrons. The van der Waals surface area contributed by atoms with Crippen molar-refractivity contribution in [3.05, 3.63) is 65.0 Å². The third-order valence-corrected chi connectivity index (χ3v) is 5.24. The highest BCUT2D eigenvalue weighted by atomic mass is 16.5. The minimum atomic E-state index is -0.381. The number of carbonyl (C=O) groups is 1. The molecular weight excluding hydrogens is 312 g/mol. The number of pyridine rings is 1. The highest BCUT2D eigenvalue weighted by Crippen LogP contribution is 2.42. The third kappa shape index (κ3) is 3.59. The van der Waals surface area contributed by atoms with Gasteiger partial charge in [-0.2, -0.15) is 0 Å². The number of nitrogens with one attached hydrogen (secondary N) is 1. The van der Waals surface area contributed by atoms with Crippen LogP contribution in [-0.4, -0.2) is 24.6 Å². The predicted molar refractivity (Wildman–Crippen MR) is 98.3 cm³/mol. The quantitative estimate of drug-likeness (QED) is 0.873. The van der Waals surface area contributed by atoms with Gasteiger partial charge >= 0.3 is 0 Å². The summed E-state index contributed by atoms with van der Waals surface area (Å²) in [5, 5.41) is 3.28. The molecule has 1 aliphatic rings. The molecule has 3 rings (SSSR count). The highest BCUT2D eigenvalue weighted by Gasteiger charge is 2.45. The molecule has 0 bridgehead atoms. The minimum absolute atomic E-state index is 0.0782. The summed E-state index contributed by atoms with van der Waals surface area (Å²) in [6.07, 6.45) is 6.44. The zero-order valence-corrected chi connectivity index (χ0v) is 15.2. The molecule has 2 aromatic rings. The second kappa shape index (κ2) is 7.36. The van der Waals surface area contributed by atoms with Crippen LogP contribution in [0.3, 0.4) is 0 Å². The Kier molecular flexibility index (Phi) is 5.19. The van der Waals surface area contributed by atoms with Gasteiger partial charge in [0, 0.05) is 19.5 Å². The maximum Gasteiger partial charge on any atom is 0.229 e. The average molecular weight is 338 g/mol. The summed E-state index contributed by atoms with van der Waals surface area (Å²) in [4.78, 5) is 17.3. The number of benzene rings is 1. The van der Waals surface area contributed by atoms with Gasteiger partial charge < -0.3 is 10.1 Å². The van der Waals surface area contributed by atoms with E-state index in [2.05, 4.69) is 42.3 Å². The number of aromatic nitrogens is 1. The van der Waals surface area contributed by atoms with Gasteiger partial charge in [0.1, 0.15) is 0 Å². The molecule has 4 heteroatoms. The SMILES string of the molecule is COCC1(C(=O)N[C@H](c2cccnc2)c2ccc(C)cc2C)CCC1. The van der Waals surface area contributed by atoms with Crippen molar-refractivity contribution in [3.63, 3.8) is 0 Å². The van der Waals surface area contributed by atoms with Gasteiger partial charge in [-0.1, -0.05) is 36.2 Å². The number of methoxy groups -OCH3 is 1. The Morgan fingerprint density at radius 2 is 2.12 bits per heavy atom. The van der Waals surface area contributed by atoms with Gasteiger partial charge in [-0.05, 0) is 49.4 Å². The first-order valence-electron chi connectivity index (χ1n) is 8.83. The Morgan fingerprint density at radius 1 is 1.32 bits per heavy atom. The standard InChI is InChI=1S/C21H26N2O2/c1-15-7-8-18(16(2)12-15)19(17-6-4-11-22-13-17)23-20(24)21(14-25-3)9-5-10-21/h4,6-8,11-13,19H,5,9-10,14H2,1-3H3,(H,23,24)/t19-/m1/s1. The van der Waals surface area contributed by atoms with Crippen LogP contribution >= 0.6 is 0 Å². The lowest BCUT2D eigenvalue weighted by molar-refractivity contribution is -0.141. The first-order valence-corrected chi connectivity index (χ1v) is 8.83. The maximum atomic E-state index is 13.1. The van der Waals surface area contributed by atoms with Gasteiger partial charge in [0.05, 0.1) is 18.1 Å². The number of carbonyl (C=O) groups excluding carboxylic acids is 1. The fraction of sp³-hybridized carbons (Fsp3) is 0.429. The largest absolute Gasteiger partial charge is 0.384 e. The Labute approximate surface area is 149 Å². The highest BCUT2D eigenvalue weighted by molar-refractivity contribution is 5.84. The van der Waals surface area contributed by atoms with Crippen LogP contribution in [0.1, 0.15) is 47.6 Å². The second-order valence-electron chi connectivity index (χ2n) is 7.12. The van der Waals surface area contributed by atoms with Crippen molar-refractivity contribution >= 4 is 5.91 Å². The van der Waals surface area contributed by atoms with Crippen molar-refractivity contribution in [2.24, 2.45) is 5.41 Å². The molecule has 1 aromatic heterocycles. The van der Waals surface area contributed by atoms with E-state index in [0.29, 0.717) is 6.61 Å². The van der Waals surface area contributed by atoms with Gasteiger partial charge in [-0.3, -0.25) is 9.78 Å². The van der Waals surface area contributed by atoms with Crippen molar-refractivity contribution < 1.29 is 9.53 Å². The first-order chi connectivity index (χ1) is 12.1. The average Bonchev–Trinajstić information content (AvgIpc) is 2.57. The number of hydrogen-bond donors (Lipinski definition) is 1. The summed E-state index contributed by atoms with van der Waals surface area (Å²) in [5.41, 5.74) is 4.11. The fourth-order valence-electron chi connectivity index (χ4n) is 3.64. The molecule has 1 heterocycles. The third-order valence-electron chi connectivity index (χ3n) is 5.24. The Hall–Kier alpha value is -2.20. The molecule has 1 fully saturated rings. The van der Waals surface area contributed by atoms with Crippen molar-refractivity contribution in [2.45, 2.75) is 39.2 Å². The number of nitrogens with zero attached hydrogens (tertiary/aromatic N) is 1. The van der Waals surface area contributed by atoms with E-state index in [1.807, 2.05) is 18.3 Å².